The van der Waals surface area contributed by atoms with Crippen LogP contribution in [0.3, 0.4) is 0 Å². The molecule has 0 bridgehead atoms. The molecule has 0 aromatic rings. The summed E-state index contributed by atoms with van der Waals surface area (Å²) >= 11 is 0. The Morgan fingerprint density at radius 3 is 2.41 bits per heavy atom. The van der Waals surface area contributed by atoms with Crippen LogP contribution in [-0.4, -0.2) is 67.3 Å². The summed E-state index contributed by atoms with van der Waals surface area (Å²) in [6, 6.07) is 0. The summed E-state index contributed by atoms with van der Waals surface area (Å²) in [7, 11) is 0. The van der Waals surface area contributed by atoms with Gasteiger partial charge in [-0.05, 0) is 69.6 Å². The molecule has 0 amide bonds. The first kappa shape index (κ1) is 24.6. The number of rotatable bonds is 5. The zero-order valence-corrected chi connectivity index (χ0v) is 20.5. The second-order valence-corrected chi connectivity index (χ2v) is 12.2. The Kier molecular flexibility index (Phi) is 5.97. The van der Waals surface area contributed by atoms with E-state index in [-0.39, 0.29) is 36.7 Å². The molecule has 0 aliphatic heterocycles. The van der Waals surface area contributed by atoms with E-state index >= 15 is 0 Å². The molecule has 32 heavy (non-hydrogen) atoms. The van der Waals surface area contributed by atoms with E-state index in [2.05, 4.69) is 20.8 Å². The normalized spacial score (nSPS) is 51.6. The van der Waals surface area contributed by atoms with Crippen molar-refractivity contribution in [2.24, 2.45) is 22.7 Å². The summed E-state index contributed by atoms with van der Waals surface area (Å²) in [5.41, 5.74) is -5.13. The lowest BCUT2D eigenvalue weighted by molar-refractivity contribution is -0.327. The lowest BCUT2D eigenvalue weighted by Gasteiger charge is -2.67. The fraction of sp³-hybridized carbons (Fsp3) is 0.923. The minimum atomic E-state index is -1.64. The van der Waals surface area contributed by atoms with Gasteiger partial charge in [-0.25, -0.2) is 0 Å². The summed E-state index contributed by atoms with van der Waals surface area (Å²) in [5.74, 6) is 0.141. The maximum atomic E-state index is 12.2. The van der Waals surface area contributed by atoms with Crippen molar-refractivity contribution >= 4 is 0 Å². The first-order valence-corrected chi connectivity index (χ1v) is 12.6. The number of aliphatic hydroxyl groups excluding tert-OH is 2. The monoisotopic (exact) mass is 452 g/mol. The Bertz CT molecular complexity index is 767. The van der Waals surface area contributed by atoms with Crippen molar-refractivity contribution in [1.82, 2.24) is 0 Å². The molecule has 4 aliphatic carbocycles. The fourth-order valence-corrected chi connectivity index (χ4v) is 7.97. The Labute approximate surface area is 192 Å². The van der Waals surface area contributed by atoms with Crippen LogP contribution in [0, 0.1) is 22.7 Å². The van der Waals surface area contributed by atoms with Crippen molar-refractivity contribution < 1.29 is 30.3 Å². The fourth-order valence-electron chi connectivity index (χ4n) is 7.97. The standard InChI is InChI=1S/C26H44O6/c1-16(2)8-13-32-17(3)24(29)11-12-26(31)23(24,5)21(28)15-20-22(4)9-7-19(27)14-18(22)6-10-25(20,26)30/h6,16-17,19-21,27-31H,7-15H2,1-5H3/t17?,19-,20+,21+,22-,23+,24+,25-,26-/m0/s1. The van der Waals surface area contributed by atoms with Gasteiger partial charge >= 0.3 is 0 Å². The molecule has 0 aromatic heterocycles. The van der Waals surface area contributed by atoms with Gasteiger partial charge in [0, 0.05) is 12.5 Å². The Morgan fingerprint density at radius 2 is 1.75 bits per heavy atom. The quantitative estimate of drug-likeness (QED) is 0.410. The van der Waals surface area contributed by atoms with E-state index in [9.17, 15) is 25.5 Å². The predicted molar refractivity (Wildman–Crippen MR) is 122 cm³/mol. The predicted octanol–water partition coefficient (Wildman–Crippen LogP) is 2.69. The van der Waals surface area contributed by atoms with Gasteiger partial charge in [-0.3, -0.25) is 0 Å². The molecule has 184 valence electrons. The van der Waals surface area contributed by atoms with E-state index in [0.717, 1.165) is 12.0 Å². The van der Waals surface area contributed by atoms with Crippen molar-refractivity contribution in [3.63, 3.8) is 0 Å². The zero-order chi connectivity index (χ0) is 23.7. The van der Waals surface area contributed by atoms with Crippen molar-refractivity contribution in [2.45, 2.75) is 121 Å². The molecule has 6 nitrogen and oxygen atoms in total. The van der Waals surface area contributed by atoms with Crippen molar-refractivity contribution in [2.75, 3.05) is 6.61 Å². The summed E-state index contributed by atoms with van der Waals surface area (Å²) in [5, 5.41) is 58.2. The summed E-state index contributed by atoms with van der Waals surface area (Å²) in [4.78, 5) is 0. The SMILES string of the molecule is CC(C)CCOC(C)[C@]1(O)CC[C@]2(O)[C@]1(C)[C@H](O)C[C@@H]1[C@@]3(C)CC[C@H](O)CC3=CC[C@]12O. The van der Waals surface area contributed by atoms with E-state index in [1.54, 1.807) is 6.92 Å². The van der Waals surface area contributed by atoms with Gasteiger partial charge in [0.2, 0.25) is 0 Å². The van der Waals surface area contributed by atoms with Gasteiger partial charge in [0.05, 0.1) is 23.7 Å². The molecule has 0 saturated heterocycles. The van der Waals surface area contributed by atoms with E-state index in [1.165, 1.54) is 0 Å². The third-order valence-electron chi connectivity index (χ3n) is 10.4. The largest absolute Gasteiger partial charge is 0.393 e. The Balaban J connectivity index is 1.71. The van der Waals surface area contributed by atoms with Crippen LogP contribution in [0.25, 0.3) is 0 Å². The van der Waals surface area contributed by atoms with Crippen molar-refractivity contribution in [3.8, 4) is 0 Å². The molecule has 4 rings (SSSR count). The number of fused-ring (bicyclic) bond motifs is 5. The van der Waals surface area contributed by atoms with E-state index < -0.39 is 34.4 Å². The summed E-state index contributed by atoms with van der Waals surface area (Å²) in [6.07, 6.45) is 3.94. The molecule has 0 heterocycles. The van der Waals surface area contributed by atoms with Gasteiger partial charge in [0.15, 0.2) is 0 Å². The zero-order valence-electron chi connectivity index (χ0n) is 20.5. The lowest BCUT2D eigenvalue weighted by Crippen LogP contribution is -2.78. The van der Waals surface area contributed by atoms with Crippen molar-refractivity contribution in [3.05, 3.63) is 11.6 Å². The number of hydrogen-bond acceptors (Lipinski definition) is 6. The molecule has 1 unspecified atom stereocenters. The molecule has 9 atom stereocenters. The van der Waals surface area contributed by atoms with Crippen LogP contribution in [0.1, 0.15) is 86.0 Å². The lowest BCUT2D eigenvalue weighted by atomic mass is 9.42. The molecule has 0 aromatic carbocycles. The maximum absolute atomic E-state index is 12.2. The van der Waals surface area contributed by atoms with Gasteiger partial charge in [0.25, 0.3) is 0 Å². The van der Waals surface area contributed by atoms with Crippen molar-refractivity contribution in [1.29, 1.82) is 0 Å². The molecule has 5 N–H and O–H groups in total. The minimum Gasteiger partial charge on any atom is -0.393 e. The van der Waals surface area contributed by atoms with Gasteiger partial charge in [0.1, 0.15) is 16.8 Å². The van der Waals surface area contributed by atoms with E-state index in [0.29, 0.717) is 38.2 Å². The number of aliphatic hydroxyl groups is 5. The van der Waals surface area contributed by atoms with Crippen LogP contribution in [-0.2, 0) is 4.74 Å². The van der Waals surface area contributed by atoms with Crippen LogP contribution in [0.2, 0.25) is 0 Å². The third kappa shape index (κ3) is 2.99. The number of ether oxygens (including phenoxy) is 1. The molecular formula is C26H44O6. The Morgan fingerprint density at radius 1 is 1.06 bits per heavy atom. The van der Waals surface area contributed by atoms with Gasteiger partial charge in [-0.2, -0.15) is 0 Å². The second-order valence-electron chi connectivity index (χ2n) is 12.2. The Hall–Kier alpha value is -0.500. The van der Waals surface area contributed by atoms with Gasteiger partial charge in [-0.1, -0.05) is 39.3 Å². The highest BCUT2D eigenvalue weighted by molar-refractivity contribution is 5.36. The summed E-state index contributed by atoms with van der Waals surface area (Å²) in [6.45, 7) is 10.4. The molecule has 3 fully saturated rings. The average Bonchev–Trinajstić information content (AvgIpc) is 2.95. The minimum absolute atomic E-state index is 0.212. The molecule has 3 saturated carbocycles. The van der Waals surface area contributed by atoms with Gasteiger partial charge in [-0.15, -0.1) is 0 Å². The van der Waals surface area contributed by atoms with Crippen LogP contribution in [0.4, 0.5) is 0 Å². The van der Waals surface area contributed by atoms with Gasteiger partial charge < -0.3 is 30.3 Å². The molecule has 0 radical (unpaired) electrons. The first-order valence-electron chi connectivity index (χ1n) is 12.6. The van der Waals surface area contributed by atoms with E-state index in [1.807, 2.05) is 13.0 Å². The topological polar surface area (TPSA) is 110 Å². The first-order chi connectivity index (χ1) is 14.8. The molecule has 0 spiro atoms. The van der Waals surface area contributed by atoms with Crippen LogP contribution >= 0.6 is 0 Å². The maximum Gasteiger partial charge on any atom is 0.105 e. The highest BCUT2D eigenvalue weighted by atomic mass is 16.5. The second kappa shape index (κ2) is 7.76. The smallest absolute Gasteiger partial charge is 0.105 e. The van der Waals surface area contributed by atoms with Crippen LogP contribution in [0.5, 0.6) is 0 Å². The highest BCUT2D eigenvalue weighted by Gasteiger charge is 2.80. The molecule has 6 heteroatoms. The third-order valence-corrected chi connectivity index (χ3v) is 10.4. The van der Waals surface area contributed by atoms with Crippen LogP contribution in [0.15, 0.2) is 11.6 Å². The highest BCUT2D eigenvalue weighted by Crippen LogP contribution is 2.70. The van der Waals surface area contributed by atoms with Crippen LogP contribution < -0.4 is 0 Å². The average molecular weight is 453 g/mol. The molecule has 4 aliphatic rings. The summed E-state index contributed by atoms with van der Waals surface area (Å²) < 4.78 is 6.04. The number of hydrogen-bond donors (Lipinski definition) is 5. The molecular weight excluding hydrogens is 408 g/mol. The van der Waals surface area contributed by atoms with E-state index in [4.69, 9.17) is 4.74 Å².